The fourth-order valence-electron chi connectivity index (χ4n) is 2.72. The summed E-state index contributed by atoms with van der Waals surface area (Å²) >= 11 is -0.518. The summed E-state index contributed by atoms with van der Waals surface area (Å²) in [5, 5.41) is 0. The molecule has 0 saturated carbocycles. The first kappa shape index (κ1) is 17.3. The van der Waals surface area contributed by atoms with Gasteiger partial charge in [-0.1, -0.05) is 75.9 Å². The third-order valence-electron chi connectivity index (χ3n) is 4.10. The predicted molar refractivity (Wildman–Crippen MR) is 86.2 cm³/mol. The van der Waals surface area contributed by atoms with Crippen molar-refractivity contribution in [3.63, 3.8) is 0 Å². The van der Waals surface area contributed by atoms with E-state index in [4.69, 9.17) is 0 Å². The van der Waals surface area contributed by atoms with Gasteiger partial charge < -0.3 is 4.55 Å². The summed E-state index contributed by atoms with van der Waals surface area (Å²) < 4.78 is 11.2. The minimum absolute atomic E-state index is 0.518. The number of hydrogen-bond donors (Lipinski definition) is 0. The van der Waals surface area contributed by atoms with E-state index in [2.05, 4.69) is 11.8 Å². The van der Waals surface area contributed by atoms with Crippen molar-refractivity contribution in [2.45, 2.75) is 71.1 Å². The van der Waals surface area contributed by atoms with Gasteiger partial charge in [0.05, 0.1) is 0 Å². The molecule has 0 N–H and O–H groups in total. The molecule has 19 heavy (non-hydrogen) atoms. The monoisotopic (exact) mass is 287 g/mol. The summed E-state index contributed by atoms with van der Waals surface area (Å²) in [5.41, 5.74) is 0. The molecule has 114 valence electrons. The Morgan fingerprint density at radius 3 is 1.79 bits per heavy atom. The normalized spacial score (nSPS) is 18.0. The van der Waals surface area contributed by atoms with Gasteiger partial charge in [0.25, 0.3) is 0 Å². The van der Waals surface area contributed by atoms with Crippen LogP contribution in [0.4, 0.5) is 0 Å². The fraction of sp³-hybridized carbons (Fsp3) is 1.00. The van der Waals surface area contributed by atoms with Gasteiger partial charge in [-0.2, -0.15) is 0 Å². The number of nitrogens with zero attached hydrogens (tertiary/aromatic N) is 1. The molecule has 1 heterocycles. The van der Waals surface area contributed by atoms with E-state index in [0.717, 1.165) is 24.6 Å². The molecule has 1 aliphatic heterocycles. The average molecular weight is 288 g/mol. The van der Waals surface area contributed by atoms with E-state index in [1.54, 1.807) is 0 Å². The van der Waals surface area contributed by atoms with Gasteiger partial charge in [0, 0.05) is 13.1 Å². The Morgan fingerprint density at radius 1 is 0.789 bits per heavy atom. The average Bonchev–Trinajstić information content (AvgIpc) is 2.43. The first-order valence-electron chi connectivity index (χ1n) is 8.40. The number of unbranched alkanes of at least 4 members (excludes halogenated alkanes) is 9. The van der Waals surface area contributed by atoms with Gasteiger partial charge in [0.15, 0.2) is 0 Å². The molecule has 0 aliphatic carbocycles. The van der Waals surface area contributed by atoms with Crippen LogP contribution in [-0.4, -0.2) is 40.6 Å². The van der Waals surface area contributed by atoms with E-state index in [-0.39, 0.29) is 0 Å². The van der Waals surface area contributed by atoms with Crippen molar-refractivity contribution in [1.29, 1.82) is 0 Å². The molecule has 0 aromatic rings. The third kappa shape index (κ3) is 9.75. The highest BCUT2D eigenvalue weighted by Gasteiger charge is 2.18. The molecule has 1 fully saturated rings. The molecule has 1 aliphatic rings. The molecule has 2 nitrogen and oxygen atoms in total. The van der Waals surface area contributed by atoms with Crippen LogP contribution in [0.1, 0.15) is 71.1 Å². The van der Waals surface area contributed by atoms with E-state index in [0.29, 0.717) is 0 Å². The maximum atomic E-state index is 11.2. The molecule has 0 radical (unpaired) electrons. The molecular weight excluding hydrogens is 254 g/mol. The van der Waals surface area contributed by atoms with Crippen molar-refractivity contribution in [3.05, 3.63) is 0 Å². The molecule has 0 atom stereocenters. The van der Waals surface area contributed by atoms with Crippen LogP contribution in [0.3, 0.4) is 0 Å². The Labute approximate surface area is 123 Å². The first-order valence-corrected chi connectivity index (χ1v) is 9.89. The molecule has 0 aromatic heterocycles. The van der Waals surface area contributed by atoms with Crippen LogP contribution in [0, 0.1) is 0 Å². The topological polar surface area (TPSA) is 26.3 Å². The summed E-state index contributed by atoms with van der Waals surface area (Å²) in [5.74, 6) is 1.80. The maximum absolute atomic E-state index is 11.2. The highest BCUT2D eigenvalue weighted by molar-refractivity contribution is 7.91. The Kier molecular flexibility index (Phi) is 11.0. The van der Waals surface area contributed by atoms with E-state index in [1.807, 2.05) is 0 Å². The van der Waals surface area contributed by atoms with Gasteiger partial charge in [-0.25, -0.2) is 0 Å². The van der Waals surface area contributed by atoms with Gasteiger partial charge >= 0.3 is 0 Å². The SMILES string of the molecule is CCCCCCCCCCCCN1CC[S+]([O-])CC1. The quantitative estimate of drug-likeness (QED) is 0.424. The van der Waals surface area contributed by atoms with Gasteiger partial charge in [-0.15, -0.1) is 0 Å². The molecule has 0 aromatic carbocycles. The van der Waals surface area contributed by atoms with Crippen LogP contribution in [0.25, 0.3) is 0 Å². The second-order valence-corrected chi connectivity index (χ2v) is 7.57. The predicted octanol–water partition coefficient (Wildman–Crippen LogP) is 3.97. The lowest BCUT2D eigenvalue weighted by molar-refractivity contribution is 0.287. The lowest BCUT2D eigenvalue weighted by atomic mass is 10.1. The highest BCUT2D eigenvalue weighted by atomic mass is 32.2. The van der Waals surface area contributed by atoms with E-state index < -0.39 is 11.2 Å². The minimum Gasteiger partial charge on any atom is -0.616 e. The summed E-state index contributed by atoms with van der Waals surface area (Å²) in [7, 11) is 0. The molecule has 0 amide bonds. The van der Waals surface area contributed by atoms with Crippen LogP contribution < -0.4 is 0 Å². The fourth-order valence-corrected chi connectivity index (χ4v) is 3.85. The smallest absolute Gasteiger partial charge is 0.118 e. The van der Waals surface area contributed by atoms with Crippen molar-refractivity contribution in [3.8, 4) is 0 Å². The summed E-state index contributed by atoms with van der Waals surface area (Å²) in [6.07, 6.45) is 14.1. The molecule has 1 rings (SSSR count). The Balaban J connectivity index is 1.76. The number of rotatable bonds is 11. The van der Waals surface area contributed by atoms with E-state index >= 15 is 0 Å². The van der Waals surface area contributed by atoms with Crippen molar-refractivity contribution in [2.75, 3.05) is 31.1 Å². The lowest BCUT2D eigenvalue weighted by Crippen LogP contribution is -2.40. The minimum atomic E-state index is -0.518. The second-order valence-electron chi connectivity index (χ2n) is 5.87. The molecular formula is C16H33NOS. The second kappa shape index (κ2) is 12.0. The van der Waals surface area contributed by atoms with Crippen LogP contribution in [0.5, 0.6) is 0 Å². The molecule has 0 unspecified atom stereocenters. The summed E-state index contributed by atoms with van der Waals surface area (Å²) in [6, 6.07) is 0. The Bertz CT molecular complexity index is 193. The maximum Gasteiger partial charge on any atom is 0.118 e. The van der Waals surface area contributed by atoms with Gasteiger partial charge in [0.1, 0.15) is 11.5 Å². The zero-order chi connectivity index (χ0) is 13.8. The molecule has 0 spiro atoms. The molecule has 3 heteroatoms. The zero-order valence-electron chi connectivity index (χ0n) is 12.9. The standard InChI is InChI=1S/C16H33NOS/c1-2-3-4-5-6-7-8-9-10-11-12-17-13-15-19(18)16-14-17/h2-16H2,1H3. The third-order valence-corrected chi connectivity index (χ3v) is 5.37. The van der Waals surface area contributed by atoms with E-state index in [1.165, 1.54) is 70.8 Å². The Hall–Kier alpha value is 0.270. The number of hydrogen-bond acceptors (Lipinski definition) is 2. The van der Waals surface area contributed by atoms with Crippen molar-refractivity contribution in [1.82, 2.24) is 4.90 Å². The van der Waals surface area contributed by atoms with Crippen molar-refractivity contribution >= 4 is 11.2 Å². The van der Waals surface area contributed by atoms with Crippen LogP contribution in [0.15, 0.2) is 0 Å². The Morgan fingerprint density at radius 2 is 1.26 bits per heavy atom. The highest BCUT2D eigenvalue weighted by Crippen LogP contribution is 2.11. The van der Waals surface area contributed by atoms with Gasteiger partial charge in [-0.3, -0.25) is 4.90 Å². The van der Waals surface area contributed by atoms with Crippen LogP contribution in [-0.2, 0) is 11.2 Å². The van der Waals surface area contributed by atoms with Gasteiger partial charge in [0.2, 0.25) is 0 Å². The zero-order valence-corrected chi connectivity index (χ0v) is 13.7. The largest absolute Gasteiger partial charge is 0.616 e. The van der Waals surface area contributed by atoms with Crippen LogP contribution in [0.2, 0.25) is 0 Å². The molecule has 1 saturated heterocycles. The van der Waals surface area contributed by atoms with Crippen molar-refractivity contribution in [2.24, 2.45) is 0 Å². The molecule has 0 bridgehead atoms. The lowest BCUT2D eigenvalue weighted by Gasteiger charge is -2.27. The van der Waals surface area contributed by atoms with Crippen molar-refractivity contribution < 1.29 is 4.55 Å². The van der Waals surface area contributed by atoms with Crippen LogP contribution >= 0.6 is 0 Å². The van der Waals surface area contributed by atoms with E-state index in [9.17, 15) is 4.55 Å². The van der Waals surface area contributed by atoms with Gasteiger partial charge in [-0.05, 0) is 13.0 Å². The summed E-state index contributed by atoms with van der Waals surface area (Å²) in [4.78, 5) is 2.49. The first-order chi connectivity index (χ1) is 9.33. The summed E-state index contributed by atoms with van der Waals surface area (Å²) in [6.45, 7) is 5.63.